The standard InChI is InChI=1S/C13H21ClN2O/c1-10(2)16-7-6-15-9-11-4-5-13(17-3)12(14)8-11/h4-5,8,10,15-16H,6-7,9H2,1-3H3. The molecule has 0 aliphatic heterocycles. The Balaban J connectivity index is 2.30. The van der Waals surface area contributed by atoms with Crippen LogP contribution in [0.2, 0.25) is 5.02 Å². The second-order valence-electron chi connectivity index (χ2n) is 4.25. The first-order valence-electron chi connectivity index (χ1n) is 5.90. The highest BCUT2D eigenvalue weighted by Crippen LogP contribution is 2.24. The van der Waals surface area contributed by atoms with E-state index in [1.54, 1.807) is 7.11 Å². The van der Waals surface area contributed by atoms with Crippen molar-refractivity contribution in [1.82, 2.24) is 10.6 Å². The maximum atomic E-state index is 6.05. The molecule has 0 saturated carbocycles. The molecule has 1 aromatic carbocycles. The van der Waals surface area contributed by atoms with E-state index in [0.29, 0.717) is 11.1 Å². The van der Waals surface area contributed by atoms with Crippen molar-refractivity contribution in [1.29, 1.82) is 0 Å². The van der Waals surface area contributed by atoms with E-state index in [0.717, 1.165) is 25.4 Å². The summed E-state index contributed by atoms with van der Waals surface area (Å²) >= 11 is 6.05. The van der Waals surface area contributed by atoms with E-state index >= 15 is 0 Å². The van der Waals surface area contributed by atoms with Crippen LogP contribution in [0, 0.1) is 0 Å². The number of halogens is 1. The minimum Gasteiger partial charge on any atom is -0.495 e. The van der Waals surface area contributed by atoms with Crippen molar-refractivity contribution in [3.05, 3.63) is 28.8 Å². The Morgan fingerprint density at radius 3 is 2.65 bits per heavy atom. The van der Waals surface area contributed by atoms with Gasteiger partial charge in [0.2, 0.25) is 0 Å². The molecule has 0 aliphatic rings. The quantitative estimate of drug-likeness (QED) is 0.736. The van der Waals surface area contributed by atoms with Gasteiger partial charge in [-0.3, -0.25) is 0 Å². The van der Waals surface area contributed by atoms with E-state index in [9.17, 15) is 0 Å². The lowest BCUT2D eigenvalue weighted by atomic mass is 10.2. The first-order chi connectivity index (χ1) is 8.13. The predicted molar refractivity (Wildman–Crippen MR) is 72.8 cm³/mol. The van der Waals surface area contributed by atoms with E-state index in [2.05, 4.69) is 24.5 Å². The molecule has 0 atom stereocenters. The summed E-state index contributed by atoms with van der Waals surface area (Å²) in [5, 5.41) is 7.37. The summed E-state index contributed by atoms with van der Waals surface area (Å²) < 4.78 is 5.11. The third-order valence-corrected chi connectivity index (χ3v) is 2.70. The Morgan fingerprint density at radius 2 is 2.06 bits per heavy atom. The van der Waals surface area contributed by atoms with Gasteiger partial charge in [0.25, 0.3) is 0 Å². The molecule has 0 bridgehead atoms. The van der Waals surface area contributed by atoms with Crippen LogP contribution in [0.4, 0.5) is 0 Å². The van der Waals surface area contributed by atoms with Gasteiger partial charge in [-0.25, -0.2) is 0 Å². The van der Waals surface area contributed by atoms with Gasteiger partial charge >= 0.3 is 0 Å². The molecule has 1 rings (SSSR count). The molecule has 0 fully saturated rings. The smallest absolute Gasteiger partial charge is 0.137 e. The van der Waals surface area contributed by atoms with Gasteiger partial charge in [-0.15, -0.1) is 0 Å². The Hall–Kier alpha value is -0.770. The van der Waals surface area contributed by atoms with E-state index < -0.39 is 0 Å². The zero-order chi connectivity index (χ0) is 12.7. The van der Waals surface area contributed by atoms with Crippen LogP contribution in [0.5, 0.6) is 5.75 Å². The molecule has 96 valence electrons. The van der Waals surface area contributed by atoms with Crippen LogP contribution in [-0.4, -0.2) is 26.2 Å². The number of nitrogens with one attached hydrogen (secondary N) is 2. The van der Waals surface area contributed by atoms with Gasteiger partial charge in [0.15, 0.2) is 0 Å². The summed E-state index contributed by atoms with van der Waals surface area (Å²) in [5.74, 6) is 0.719. The number of hydrogen-bond acceptors (Lipinski definition) is 3. The van der Waals surface area contributed by atoms with E-state index in [4.69, 9.17) is 16.3 Å². The Morgan fingerprint density at radius 1 is 1.29 bits per heavy atom. The average Bonchev–Trinajstić information content (AvgIpc) is 2.28. The van der Waals surface area contributed by atoms with Crippen molar-refractivity contribution in [2.75, 3.05) is 20.2 Å². The maximum absolute atomic E-state index is 6.05. The molecular formula is C13H21ClN2O. The summed E-state index contributed by atoms with van der Waals surface area (Å²) in [6.07, 6.45) is 0. The number of benzene rings is 1. The highest BCUT2D eigenvalue weighted by Gasteiger charge is 2.01. The van der Waals surface area contributed by atoms with Crippen molar-refractivity contribution in [3.63, 3.8) is 0 Å². The molecule has 0 heterocycles. The second-order valence-corrected chi connectivity index (χ2v) is 4.66. The SMILES string of the molecule is COc1ccc(CNCCNC(C)C)cc1Cl. The summed E-state index contributed by atoms with van der Waals surface area (Å²) in [7, 11) is 1.62. The number of ether oxygens (including phenoxy) is 1. The minimum atomic E-state index is 0.534. The molecular weight excluding hydrogens is 236 g/mol. The lowest BCUT2D eigenvalue weighted by Crippen LogP contribution is -2.31. The zero-order valence-corrected chi connectivity index (χ0v) is 11.5. The fraction of sp³-hybridized carbons (Fsp3) is 0.538. The first kappa shape index (κ1) is 14.3. The molecule has 0 aromatic heterocycles. The van der Waals surface area contributed by atoms with Gasteiger partial charge in [-0.1, -0.05) is 31.5 Å². The van der Waals surface area contributed by atoms with Crippen molar-refractivity contribution in [2.45, 2.75) is 26.4 Å². The Bertz CT molecular complexity index is 342. The molecule has 1 aromatic rings. The predicted octanol–water partition coefficient (Wildman–Crippen LogP) is 2.44. The summed E-state index contributed by atoms with van der Waals surface area (Å²) in [6, 6.07) is 6.38. The van der Waals surface area contributed by atoms with Gasteiger partial charge in [-0.05, 0) is 17.7 Å². The van der Waals surface area contributed by atoms with Gasteiger partial charge < -0.3 is 15.4 Å². The molecule has 17 heavy (non-hydrogen) atoms. The van der Waals surface area contributed by atoms with Crippen LogP contribution in [-0.2, 0) is 6.54 Å². The molecule has 0 radical (unpaired) electrons. The van der Waals surface area contributed by atoms with Gasteiger partial charge in [0.05, 0.1) is 12.1 Å². The van der Waals surface area contributed by atoms with Gasteiger partial charge in [-0.2, -0.15) is 0 Å². The van der Waals surface area contributed by atoms with E-state index in [-0.39, 0.29) is 0 Å². The summed E-state index contributed by atoms with van der Waals surface area (Å²) in [5.41, 5.74) is 1.17. The molecule has 2 N–H and O–H groups in total. The van der Waals surface area contributed by atoms with Gasteiger partial charge in [0.1, 0.15) is 5.75 Å². The third kappa shape index (κ3) is 5.39. The van der Waals surface area contributed by atoms with Crippen LogP contribution in [0.3, 0.4) is 0 Å². The summed E-state index contributed by atoms with van der Waals surface area (Å²) in [6.45, 7) is 7.03. The Kier molecular flexibility index (Phi) is 6.34. The fourth-order valence-corrected chi connectivity index (χ4v) is 1.78. The molecule has 0 saturated heterocycles. The largest absolute Gasteiger partial charge is 0.495 e. The highest BCUT2D eigenvalue weighted by atomic mass is 35.5. The van der Waals surface area contributed by atoms with E-state index in [1.165, 1.54) is 5.56 Å². The normalized spacial score (nSPS) is 10.9. The third-order valence-electron chi connectivity index (χ3n) is 2.40. The minimum absolute atomic E-state index is 0.534. The van der Waals surface area contributed by atoms with Crippen molar-refractivity contribution >= 4 is 11.6 Å². The lowest BCUT2D eigenvalue weighted by Gasteiger charge is -2.10. The van der Waals surface area contributed by atoms with Crippen LogP contribution < -0.4 is 15.4 Å². The Labute approximate surface area is 109 Å². The molecule has 3 nitrogen and oxygen atoms in total. The maximum Gasteiger partial charge on any atom is 0.137 e. The molecule has 0 aliphatic carbocycles. The fourth-order valence-electron chi connectivity index (χ4n) is 1.50. The van der Waals surface area contributed by atoms with Crippen LogP contribution in [0.15, 0.2) is 18.2 Å². The van der Waals surface area contributed by atoms with Crippen molar-refractivity contribution < 1.29 is 4.74 Å². The molecule has 0 spiro atoms. The monoisotopic (exact) mass is 256 g/mol. The number of hydrogen-bond donors (Lipinski definition) is 2. The number of methoxy groups -OCH3 is 1. The van der Waals surface area contributed by atoms with Crippen LogP contribution in [0.1, 0.15) is 19.4 Å². The molecule has 0 amide bonds. The average molecular weight is 257 g/mol. The van der Waals surface area contributed by atoms with Crippen LogP contribution >= 0.6 is 11.6 Å². The molecule has 4 heteroatoms. The lowest BCUT2D eigenvalue weighted by molar-refractivity contribution is 0.415. The van der Waals surface area contributed by atoms with Gasteiger partial charge in [0, 0.05) is 25.7 Å². The highest BCUT2D eigenvalue weighted by molar-refractivity contribution is 6.32. The zero-order valence-electron chi connectivity index (χ0n) is 10.7. The molecule has 0 unspecified atom stereocenters. The van der Waals surface area contributed by atoms with E-state index in [1.807, 2.05) is 18.2 Å². The second kappa shape index (κ2) is 7.54. The van der Waals surface area contributed by atoms with Crippen LogP contribution in [0.25, 0.3) is 0 Å². The summed E-state index contributed by atoms with van der Waals surface area (Å²) in [4.78, 5) is 0. The topological polar surface area (TPSA) is 33.3 Å². The van der Waals surface area contributed by atoms with Crippen molar-refractivity contribution in [3.8, 4) is 5.75 Å². The van der Waals surface area contributed by atoms with Crippen molar-refractivity contribution in [2.24, 2.45) is 0 Å². The number of rotatable bonds is 7. The first-order valence-corrected chi connectivity index (χ1v) is 6.27.